The van der Waals surface area contributed by atoms with Crippen LogP contribution in [-0.4, -0.2) is 55.4 Å². The molecule has 0 atom stereocenters. The molecule has 0 saturated carbocycles. The lowest BCUT2D eigenvalue weighted by Gasteiger charge is -2.22. The number of anilines is 1. The predicted octanol–water partition coefficient (Wildman–Crippen LogP) is 3.07. The second-order valence-electron chi connectivity index (χ2n) is 8.14. The van der Waals surface area contributed by atoms with Gasteiger partial charge in [-0.2, -0.15) is 9.67 Å². The molecule has 0 aliphatic carbocycles. The second kappa shape index (κ2) is 8.70. The van der Waals surface area contributed by atoms with E-state index in [1.165, 1.54) is 5.56 Å². The normalized spacial score (nSPS) is 11.5. The highest BCUT2D eigenvalue weighted by molar-refractivity contribution is 6.14. The minimum absolute atomic E-state index is 0.237. The van der Waals surface area contributed by atoms with Gasteiger partial charge in [0.15, 0.2) is 13.7 Å². The molecule has 3 aromatic rings. The number of benzene rings is 2. The average Bonchev–Trinajstić information content (AvgIpc) is 3.11. The van der Waals surface area contributed by atoms with Crippen LogP contribution >= 0.6 is 0 Å². The summed E-state index contributed by atoms with van der Waals surface area (Å²) in [5.41, 5.74) is 2.89. The third kappa shape index (κ3) is 5.38. The summed E-state index contributed by atoms with van der Waals surface area (Å²) in [7, 11) is 5.73. The van der Waals surface area contributed by atoms with Crippen LogP contribution in [0, 0.1) is 6.92 Å². The number of hydrogen-bond donors (Lipinski definition) is 0. The predicted molar refractivity (Wildman–Crippen MR) is 120 cm³/mol. The van der Waals surface area contributed by atoms with Crippen molar-refractivity contribution in [1.29, 1.82) is 0 Å². The van der Waals surface area contributed by atoms with Crippen LogP contribution < -0.4 is 9.64 Å². The standard InChI is InChI=1S/C22H29BN4O2/c1-16-6-8-17(9-7-16)20-24-21(26(4)14-15-28-5)27(25-20)18-10-12-19(13-11-18)29-22(2,3)23/h6-13H,14-15,23H2,1-5H3. The van der Waals surface area contributed by atoms with Gasteiger partial charge in [-0.3, -0.25) is 0 Å². The second-order valence-corrected chi connectivity index (χ2v) is 8.14. The zero-order valence-corrected chi connectivity index (χ0v) is 18.1. The lowest BCUT2D eigenvalue weighted by atomic mass is 9.86. The van der Waals surface area contributed by atoms with Crippen molar-refractivity contribution in [1.82, 2.24) is 14.8 Å². The van der Waals surface area contributed by atoms with Crippen LogP contribution in [0.2, 0.25) is 0 Å². The largest absolute Gasteiger partial charge is 0.497 e. The van der Waals surface area contributed by atoms with E-state index in [9.17, 15) is 0 Å². The summed E-state index contributed by atoms with van der Waals surface area (Å²) in [5.74, 6) is 2.29. The monoisotopic (exact) mass is 392 g/mol. The Balaban J connectivity index is 1.98. The van der Waals surface area contributed by atoms with Crippen molar-refractivity contribution in [2.75, 3.05) is 32.2 Å². The molecule has 0 amide bonds. The van der Waals surface area contributed by atoms with Gasteiger partial charge in [0.2, 0.25) is 5.95 Å². The van der Waals surface area contributed by atoms with E-state index in [0.29, 0.717) is 19.0 Å². The fourth-order valence-electron chi connectivity index (χ4n) is 2.89. The van der Waals surface area contributed by atoms with E-state index in [1.807, 2.05) is 74.7 Å². The first kappa shape index (κ1) is 20.9. The number of aromatic nitrogens is 3. The molecule has 0 unspecified atom stereocenters. The quantitative estimate of drug-likeness (QED) is 0.552. The van der Waals surface area contributed by atoms with Gasteiger partial charge in [0, 0.05) is 26.3 Å². The fraction of sp³-hybridized carbons (Fsp3) is 0.364. The van der Waals surface area contributed by atoms with Gasteiger partial charge < -0.3 is 14.4 Å². The van der Waals surface area contributed by atoms with Crippen LogP contribution in [0.5, 0.6) is 5.75 Å². The molecule has 1 heterocycles. The van der Waals surface area contributed by atoms with E-state index in [4.69, 9.17) is 19.6 Å². The number of aryl methyl sites for hydroxylation is 1. The van der Waals surface area contributed by atoms with E-state index in [2.05, 4.69) is 19.1 Å². The summed E-state index contributed by atoms with van der Waals surface area (Å²) in [5, 5.41) is 4.80. The Kier molecular flexibility index (Phi) is 6.28. The number of ether oxygens (including phenoxy) is 2. The van der Waals surface area contributed by atoms with Crippen molar-refractivity contribution >= 4 is 13.8 Å². The smallest absolute Gasteiger partial charge is 0.229 e. The molecule has 0 saturated heterocycles. The number of rotatable bonds is 8. The van der Waals surface area contributed by atoms with E-state index in [-0.39, 0.29) is 5.50 Å². The summed E-state index contributed by atoms with van der Waals surface area (Å²) < 4.78 is 13.0. The molecule has 0 bridgehead atoms. The zero-order valence-electron chi connectivity index (χ0n) is 18.1. The molecule has 6 nitrogen and oxygen atoms in total. The minimum Gasteiger partial charge on any atom is -0.497 e. The minimum atomic E-state index is -0.237. The summed E-state index contributed by atoms with van der Waals surface area (Å²) in [6.07, 6.45) is 0. The average molecular weight is 392 g/mol. The van der Waals surface area contributed by atoms with Gasteiger partial charge in [-0.05, 0) is 45.0 Å². The Bertz CT molecular complexity index is 931. The van der Waals surface area contributed by atoms with Crippen molar-refractivity contribution in [3.05, 3.63) is 54.1 Å². The van der Waals surface area contributed by atoms with Crippen LogP contribution in [0.15, 0.2) is 48.5 Å². The maximum Gasteiger partial charge on any atom is 0.229 e. The first-order chi connectivity index (χ1) is 13.8. The molecular formula is C22H29BN4O2. The highest BCUT2D eigenvalue weighted by atomic mass is 16.5. The fourth-order valence-corrected chi connectivity index (χ4v) is 2.89. The Hall–Kier alpha value is -2.80. The van der Waals surface area contributed by atoms with Crippen molar-refractivity contribution in [3.8, 4) is 22.8 Å². The SMILES string of the molecule is BC(C)(C)Oc1ccc(-n2nc(-c3ccc(C)cc3)nc2N(C)CCOC)cc1. The third-order valence-electron chi connectivity index (χ3n) is 4.38. The Morgan fingerprint density at radius 1 is 1.07 bits per heavy atom. The number of likely N-dealkylation sites (N-methyl/N-ethyl adjacent to an activating group) is 1. The first-order valence-corrected chi connectivity index (χ1v) is 9.80. The van der Waals surface area contributed by atoms with E-state index in [1.54, 1.807) is 7.11 Å². The maximum atomic E-state index is 5.94. The molecule has 0 aliphatic heterocycles. The van der Waals surface area contributed by atoms with Crippen LogP contribution in [0.3, 0.4) is 0 Å². The molecule has 0 N–H and O–H groups in total. The van der Waals surface area contributed by atoms with Crippen LogP contribution in [0.4, 0.5) is 5.95 Å². The molecule has 3 rings (SSSR count). The van der Waals surface area contributed by atoms with Gasteiger partial charge in [-0.1, -0.05) is 29.8 Å². The summed E-state index contributed by atoms with van der Waals surface area (Å²) in [4.78, 5) is 6.86. The lowest BCUT2D eigenvalue weighted by molar-refractivity contribution is 0.198. The van der Waals surface area contributed by atoms with Crippen molar-refractivity contribution in [2.24, 2.45) is 0 Å². The molecule has 7 heteroatoms. The molecule has 152 valence electrons. The Morgan fingerprint density at radius 2 is 1.72 bits per heavy atom. The zero-order chi connectivity index (χ0) is 21.0. The molecule has 0 spiro atoms. The van der Waals surface area contributed by atoms with Gasteiger partial charge in [0.25, 0.3) is 0 Å². The van der Waals surface area contributed by atoms with E-state index < -0.39 is 0 Å². The van der Waals surface area contributed by atoms with Crippen molar-refractivity contribution in [3.63, 3.8) is 0 Å². The number of methoxy groups -OCH3 is 1. The molecule has 1 aromatic heterocycles. The summed E-state index contributed by atoms with van der Waals surface area (Å²) in [6, 6.07) is 16.2. The van der Waals surface area contributed by atoms with Gasteiger partial charge in [-0.25, -0.2) is 0 Å². The van der Waals surface area contributed by atoms with Crippen LogP contribution in [0.1, 0.15) is 19.4 Å². The van der Waals surface area contributed by atoms with Crippen LogP contribution in [-0.2, 0) is 4.74 Å². The van der Waals surface area contributed by atoms with Gasteiger partial charge in [-0.15, -0.1) is 5.10 Å². The molecular weight excluding hydrogens is 363 g/mol. The summed E-state index contributed by atoms with van der Waals surface area (Å²) >= 11 is 0. The highest BCUT2D eigenvalue weighted by Gasteiger charge is 2.17. The van der Waals surface area contributed by atoms with Crippen molar-refractivity contribution in [2.45, 2.75) is 26.3 Å². The topological polar surface area (TPSA) is 52.4 Å². The molecule has 29 heavy (non-hydrogen) atoms. The van der Waals surface area contributed by atoms with E-state index in [0.717, 1.165) is 22.9 Å². The van der Waals surface area contributed by atoms with Gasteiger partial charge >= 0.3 is 0 Å². The molecule has 2 aromatic carbocycles. The third-order valence-corrected chi connectivity index (χ3v) is 4.38. The van der Waals surface area contributed by atoms with Gasteiger partial charge in [0.05, 0.1) is 17.8 Å². The van der Waals surface area contributed by atoms with E-state index >= 15 is 0 Å². The van der Waals surface area contributed by atoms with Gasteiger partial charge in [0.1, 0.15) is 5.75 Å². The van der Waals surface area contributed by atoms with Crippen molar-refractivity contribution < 1.29 is 9.47 Å². The summed E-state index contributed by atoms with van der Waals surface area (Å²) in [6.45, 7) is 7.47. The molecule has 0 fully saturated rings. The molecule has 0 radical (unpaired) electrons. The first-order valence-electron chi connectivity index (χ1n) is 9.80. The maximum absolute atomic E-state index is 5.94. The highest BCUT2D eigenvalue weighted by Crippen LogP contribution is 2.25. The number of nitrogens with zero attached hydrogens (tertiary/aromatic N) is 4. The molecule has 0 aliphatic rings. The number of hydrogen-bond acceptors (Lipinski definition) is 5. The Morgan fingerprint density at radius 3 is 2.31 bits per heavy atom. The Labute approximate surface area is 173 Å². The lowest BCUT2D eigenvalue weighted by Crippen LogP contribution is -2.28. The van der Waals surface area contributed by atoms with Crippen LogP contribution in [0.25, 0.3) is 17.1 Å².